The van der Waals surface area contributed by atoms with Crippen molar-refractivity contribution in [3.8, 4) is 0 Å². The molecule has 1 aliphatic rings. The van der Waals surface area contributed by atoms with E-state index in [-0.39, 0.29) is 5.91 Å². The topological polar surface area (TPSA) is 20.3 Å². The minimum Gasteiger partial charge on any atom is -0.306 e. The van der Waals surface area contributed by atoms with Crippen molar-refractivity contribution in [1.29, 1.82) is 0 Å². The van der Waals surface area contributed by atoms with Crippen LogP contribution in [0.5, 0.6) is 0 Å². The normalized spacial score (nSPS) is 14.0. The zero-order chi connectivity index (χ0) is 14.1. The van der Waals surface area contributed by atoms with Gasteiger partial charge in [-0.05, 0) is 36.8 Å². The fraction of sp³-hybridized carbons (Fsp3) is 0.188. The van der Waals surface area contributed by atoms with Crippen LogP contribution in [0.15, 0.2) is 51.8 Å². The summed E-state index contributed by atoms with van der Waals surface area (Å²) in [5.41, 5.74) is 2.78. The molecule has 1 amide bonds. The van der Waals surface area contributed by atoms with Gasteiger partial charge in [0.2, 0.25) is 0 Å². The maximum Gasteiger partial charge on any atom is 0.258 e. The molecule has 2 aromatic carbocycles. The molecule has 0 atom stereocenters. The van der Waals surface area contributed by atoms with E-state index in [0.717, 1.165) is 33.6 Å². The number of hydrogen-bond acceptors (Lipinski definition) is 2. The van der Waals surface area contributed by atoms with Crippen LogP contribution in [0.4, 0.5) is 5.69 Å². The lowest BCUT2D eigenvalue weighted by molar-refractivity contribution is 0.0987. The van der Waals surface area contributed by atoms with E-state index in [2.05, 4.69) is 22.0 Å². The van der Waals surface area contributed by atoms with Gasteiger partial charge in [-0.25, -0.2) is 0 Å². The maximum absolute atomic E-state index is 12.8. The average molecular weight is 348 g/mol. The molecule has 1 heterocycles. The molecule has 0 unspecified atom stereocenters. The third-order valence-corrected chi connectivity index (χ3v) is 5.37. The molecule has 0 bridgehead atoms. The summed E-state index contributed by atoms with van der Waals surface area (Å²) in [4.78, 5) is 15.9. The van der Waals surface area contributed by atoms with E-state index in [1.54, 1.807) is 0 Å². The highest BCUT2D eigenvalue weighted by Crippen LogP contribution is 2.35. The lowest BCUT2D eigenvalue weighted by Gasteiger charge is -2.29. The summed E-state index contributed by atoms with van der Waals surface area (Å²) in [5, 5.41) is 0. The van der Waals surface area contributed by atoms with Crippen molar-refractivity contribution in [3.63, 3.8) is 0 Å². The minimum absolute atomic E-state index is 0.0801. The van der Waals surface area contributed by atoms with Gasteiger partial charge in [-0.2, -0.15) is 0 Å². The van der Waals surface area contributed by atoms with Gasteiger partial charge in [0, 0.05) is 27.2 Å². The molecule has 0 fully saturated rings. The lowest BCUT2D eigenvalue weighted by Crippen LogP contribution is -2.35. The molecule has 3 rings (SSSR count). The number of nitrogens with zero attached hydrogens (tertiary/aromatic N) is 1. The largest absolute Gasteiger partial charge is 0.306 e. The van der Waals surface area contributed by atoms with Gasteiger partial charge in [-0.3, -0.25) is 4.79 Å². The molecular formula is C16H14BrNOS. The molecule has 1 aliphatic heterocycles. The van der Waals surface area contributed by atoms with Gasteiger partial charge >= 0.3 is 0 Å². The first-order chi connectivity index (χ1) is 9.68. The van der Waals surface area contributed by atoms with Gasteiger partial charge in [0.15, 0.2) is 0 Å². The summed E-state index contributed by atoms with van der Waals surface area (Å²) in [5.74, 6) is 1.02. The van der Waals surface area contributed by atoms with E-state index >= 15 is 0 Å². The van der Waals surface area contributed by atoms with Crippen molar-refractivity contribution in [2.75, 3.05) is 17.2 Å². The Labute approximate surface area is 131 Å². The van der Waals surface area contributed by atoms with Crippen molar-refractivity contribution >= 4 is 39.3 Å². The molecule has 0 N–H and O–H groups in total. The number of amides is 1. The molecule has 0 saturated heterocycles. The van der Waals surface area contributed by atoms with Gasteiger partial charge < -0.3 is 4.90 Å². The fourth-order valence-electron chi connectivity index (χ4n) is 2.37. The Kier molecular flexibility index (Phi) is 3.85. The van der Waals surface area contributed by atoms with E-state index in [0.29, 0.717) is 0 Å². The third-order valence-electron chi connectivity index (χ3n) is 3.47. The second-order valence-electron chi connectivity index (χ2n) is 4.69. The number of para-hydroxylation sites is 1. The van der Waals surface area contributed by atoms with Crippen molar-refractivity contribution in [1.82, 2.24) is 0 Å². The number of halogens is 1. The van der Waals surface area contributed by atoms with Gasteiger partial charge in [0.1, 0.15) is 0 Å². The van der Waals surface area contributed by atoms with E-state index in [1.165, 1.54) is 4.90 Å². The number of thioether (sulfide) groups is 1. The maximum atomic E-state index is 12.8. The Morgan fingerprint density at radius 2 is 2.00 bits per heavy atom. The number of rotatable bonds is 1. The number of benzene rings is 2. The summed E-state index contributed by atoms with van der Waals surface area (Å²) in [6, 6.07) is 13.9. The summed E-state index contributed by atoms with van der Waals surface area (Å²) in [6.07, 6.45) is 0. The van der Waals surface area contributed by atoms with Gasteiger partial charge in [0.25, 0.3) is 5.91 Å². The molecular weight excluding hydrogens is 334 g/mol. The number of anilines is 1. The van der Waals surface area contributed by atoms with Crippen LogP contribution in [-0.4, -0.2) is 18.2 Å². The van der Waals surface area contributed by atoms with Crippen LogP contribution in [-0.2, 0) is 0 Å². The summed E-state index contributed by atoms with van der Waals surface area (Å²) >= 11 is 5.30. The molecule has 0 aliphatic carbocycles. The number of carbonyl (C=O) groups excluding carboxylic acids is 1. The minimum atomic E-state index is 0.0801. The van der Waals surface area contributed by atoms with E-state index < -0.39 is 0 Å². The molecule has 0 saturated carbocycles. The summed E-state index contributed by atoms with van der Waals surface area (Å²) in [6.45, 7) is 2.73. The SMILES string of the molecule is Cc1c(Br)cccc1C(=O)N1CCSc2ccccc21. The molecule has 102 valence electrons. The highest BCUT2D eigenvalue weighted by molar-refractivity contribution is 9.10. The zero-order valence-electron chi connectivity index (χ0n) is 11.1. The predicted molar refractivity (Wildman–Crippen MR) is 87.7 cm³/mol. The molecule has 0 radical (unpaired) electrons. The van der Waals surface area contributed by atoms with Gasteiger partial charge in [0.05, 0.1) is 5.69 Å². The lowest BCUT2D eigenvalue weighted by atomic mass is 10.1. The first kappa shape index (κ1) is 13.7. The molecule has 2 nitrogen and oxygen atoms in total. The molecule has 4 heteroatoms. The van der Waals surface area contributed by atoms with Crippen molar-refractivity contribution in [3.05, 3.63) is 58.1 Å². The zero-order valence-corrected chi connectivity index (χ0v) is 13.5. The Morgan fingerprint density at radius 1 is 1.20 bits per heavy atom. The average Bonchev–Trinajstić information content (AvgIpc) is 2.49. The van der Waals surface area contributed by atoms with Crippen molar-refractivity contribution in [2.45, 2.75) is 11.8 Å². The third kappa shape index (κ3) is 2.38. The number of hydrogen-bond donors (Lipinski definition) is 0. The van der Waals surface area contributed by atoms with Crippen LogP contribution in [0.2, 0.25) is 0 Å². The van der Waals surface area contributed by atoms with E-state index in [4.69, 9.17) is 0 Å². The van der Waals surface area contributed by atoms with E-state index in [9.17, 15) is 4.79 Å². The van der Waals surface area contributed by atoms with Crippen LogP contribution in [0.1, 0.15) is 15.9 Å². The Morgan fingerprint density at radius 3 is 2.85 bits per heavy atom. The van der Waals surface area contributed by atoms with Crippen LogP contribution >= 0.6 is 27.7 Å². The second kappa shape index (κ2) is 5.62. The van der Waals surface area contributed by atoms with Crippen LogP contribution in [0.3, 0.4) is 0 Å². The monoisotopic (exact) mass is 347 g/mol. The van der Waals surface area contributed by atoms with Crippen molar-refractivity contribution in [2.24, 2.45) is 0 Å². The first-order valence-electron chi connectivity index (χ1n) is 6.47. The Hall–Kier alpha value is -1.26. The second-order valence-corrected chi connectivity index (χ2v) is 6.68. The Balaban J connectivity index is 2.02. The van der Waals surface area contributed by atoms with Crippen molar-refractivity contribution < 1.29 is 4.79 Å². The van der Waals surface area contributed by atoms with E-state index in [1.807, 2.05) is 60.0 Å². The molecule has 2 aromatic rings. The highest BCUT2D eigenvalue weighted by atomic mass is 79.9. The quantitative estimate of drug-likeness (QED) is 0.756. The molecule has 20 heavy (non-hydrogen) atoms. The van der Waals surface area contributed by atoms with Crippen LogP contribution < -0.4 is 4.90 Å². The standard InChI is InChI=1S/C16H14BrNOS/c1-11-12(5-4-6-13(11)17)16(19)18-9-10-20-15-8-3-2-7-14(15)18/h2-8H,9-10H2,1H3. The highest BCUT2D eigenvalue weighted by Gasteiger charge is 2.24. The fourth-order valence-corrected chi connectivity index (χ4v) is 3.73. The number of fused-ring (bicyclic) bond motifs is 1. The van der Waals surface area contributed by atoms with Gasteiger partial charge in [-0.1, -0.05) is 34.1 Å². The van der Waals surface area contributed by atoms with Gasteiger partial charge in [-0.15, -0.1) is 11.8 Å². The smallest absolute Gasteiger partial charge is 0.258 e. The Bertz CT molecular complexity index is 671. The van der Waals surface area contributed by atoms with Crippen LogP contribution in [0, 0.1) is 6.92 Å². The van der Waals surface area contributed by atoms with Crippen LogP contribution in [0.25, 0.3) is 0 Å². The summed E-state index contributed by atoms with van der Waals surface area (Å²) < 4.78 is 0.975. The first-order valence-corrected chi connectivity index (χ1v) is 8.25. The molecule has 0 aromatic heterocycles. The summed E-state index contributed by atoms with van der Waals surface area (Å²) in [7, 11) is 0. The number of carbonyl (C=O) groups is 1. The predicted octanol–water partition coefficient (Wildman–Crippen LogP) is 4.51. The molecule has 0 spiro atoms.